The lowest BCUT2D eigenvalue weighted by atomic mass is 10.3. The Kier molecular flexibility index (Phi) is 3.85. The third kappa shape index (κ3) is 2.42. The fourth-order valence-corrected chi connectivity index (χ4v) is 1.07. The van der Waals surface area contributed by atoms with E-state index in [1.807, 2.05) is 51.4 Å². The molecule has 0 bridgehead atoms. The summed E-state index contributed by atoms with van der Waals surface area (Å²) in [5, 5.41) is 4.24. The highest BCUT2D eigenvalue weighted by Crippen LogP contribution is 2.11. The highest BCUT2D eigenvalue weighted by atomic mass is 15.2. The molecule has 0 aliphatic heterocycles. The van der Waals surface area contributed by atoms with Crippen LogP contribution in [0, 0.1) is 0 Å². The van der Waals surface area contributed by atoms with E-state index >= 15 is 0 Å². The molecule has 2 rings (SSSR count). The number of nitrogens with zero attached hydrogens (tertiary/aromatic N) is 3. The van der Waals surface area contributed by atoms with Crippen LogP contribution in [0.5, 0.6) is 0 Å². The fraction of sp³-hybridized carbons (Fsp3) is 0.273. The molecule has 0 unspecified atom stereocenters. The van der Waals surface area contributed by atoms with E-state index in [1.165, 1.54) is 0 Å². The highest BCUT2D eigenvalue weighted by molar-refractivity contribution is 5.52. The van der Waals surface area contributed by atoms with Crippen molar-refractivity contribution < 1.29 is 0 Å². The zero-order valence-corrected chi connectivity index (χ0v) is 8.81. The summed E-state index contributed by atoms with van der Waals surface area (Å²) >= 11 is 0. The minimum Gasteiger partial charge on any atom is -0.275 e. The second kappa shape index (κ2) is 5.17. The summed E-state index contributed by atoms with van der Waals surface area (Å²) in [5.74, 6) is 0. The van der Waals surface area contributed by atoms with Gasteiger partial charge in [0.25, 0.3) is 0 Å². The fourth-order valence-electron chi connectivity index (χ4n) is 1.07. The SMILES string of the molecule is CC.Cn1ccc(-c2ccccn2)n1. The topological polar surface area (TPSA) is 30.7 Å². The van der Waals surface area contributed by atoms with Crippen LogP contribution < -0.4 is 0 Å². The van der Waals surface area contributed by atoms with Crippen molar-refractivity contribution in [3.05, 3.63) is 36.7 Å². The minimum atomic E-state index is 0.915. The Balaban J connectivity index is 0.000000461. The van der Waals surface area contributed by atoms with Gasteiger partial charge in [0.1, 0.15) is 5.69 Å². The van der Waals surface area contributed by atoms with Gasteiger partial charge in [0.05, 0.1) is 5.69 Å². The Morgan fingerprint density at radius 1 is 1.07 bits per heavy atom. The monoisotopic (exact) mass is 189 g/mol. The molecule has 0 radical (unpaired) electrons. The number of aromatic nitrogens is 3. The molecule has 0 aromatic carbocycles. The van der Waals surface area contributed by atoms with Crippen molar-refractivity contribution in [3.63, 3.8) is 0 Å². The molecule has 2 aromatic heterocycles. The summed E-state index contributed by atoms with van der Waals surface area (Å²) in [4.78, 5) is 4.19. The van der Waals surface area contributed by atoms with Crippen LogP contribution in [-0.2, 0) is 7.05 Å². The Labute approximate surface area is 84.4 Å². The van der Waals surface area contributed by atoms with Crippen LogP contribution in [0.25, 0.3) is 11.4 Å². The first kappa shape index (κ1) is 10.4. The van der Waals surface area contributed by atoms with Gasteiger partial charge in [-0.2, -0.15) is 5.10 Å². The van der Waals surface area contributed by atoms with Gasteiger partial charge in [0, 0.05) is 19.4 Å². The zero-order chi connectivity index (χ0) is 10.4. The van der Waals surface area contributed by atoms with Gasteiger partial charge in [-0.1, -0.05) is 19.9 Å². The van der Waals surface area contributed by atoms with Crippen LogP contribution in [0.15, 0.2) is 36.7 Å². The number of hydrogen-bond acceptors (Lipinski definition) is 2. The number of aryl methyl sites for hydroxylation is 1. The zero-order valence-electron chi connectivity index (χ0n) is 8.81. The van der Waals surface area contributed by atoms with Crippen molar-refractivity contribution >= 4 is 0 Å². The van der Waals surface area contributed by atoms with E-state index in [4.69, 9.17) is 0 Å². The van der Waals surface area contributed by atoms with Gasteiger partial charge < -0.3 is 0 Å². The molecule has 3 nitrogen and oxygen atoms in total. The molecule has 2 aromatic rings. The summed E-state index contributed by atoms with van der Waals surface area (Å²) in [7, 11) is 1.90. The first-order valence-electron chi connectivity index (χ1n) is 4.77. The molecule has 3 heteroatoms. The van der Waals surface area contributed by atoms with Crippen LogP contribution in [0.2, 0.25) is 0 Å². The van der Waals surface area contributed by atoms with Crippen molar-refractivity contribution in [2.24, 2.45) is 7.05 Å². The highest BCUT2D eigenvalue weighted by Gasteiger charge is 1.99. The summed E-state index contributed by atoms with van der Waals surface area (Å²) in [6, 6.07) is 7.74. The molecule has 0 aliphatic rings. The van der Waals surface area contributed by atoms with Crippen molar-refractivity contribution in [2.75, 3.05) is 0 Å². The predicted octanol–water partition coefficient (Wildman–Crippen LogP) is 2.51. The van der Waals surface area contributed by atoms with Gasteiger partial charge in [-0.15, -0.1) is 0 Å². The summed E-state index contributed by atoms with van der Waals surface area (Å²) in [5.41, 5.74) is 1.83. The van der Waals surface area contributed by atoms with E-state index < -0.39 is 0 Å². The quantitative estimate of drug-likeness (QED) is 0.690. The van der Waals surface area contributed by atoms with Gasteiger partial charge in [-0.3, -0.25) is 9.67 Å². The molecular formula is C11H15N3. The third-order valence-electron chi connectivity index (χ3n) is 1.64. The van der Waals surface area contributed by atoms with Crippen LogP contribution in [0.3, 0.4) is 0 Å². The molecule has 0 saturated carbocycles. The van der Waals surface area contributed by atoms with E-state index in [0.29, 0.717) is 0 Å². The first-order valence-corrected chi connectivity index (χ1v) is 4.77. The summed E-state index contributed by atoms with van der Waals surface area (Å²) in [6.45, 7) is 4.00. The third-order valence-corrected chi connectivity index (χ3v) is 1.64. The van der Waals surface area contributed by atoms with Crippen LogP contribution in [0.4, 0.5) is 0 Å². The minimum absolute atomic E-state index is 0.915. The molecule has 0 saturated heterocycles. The molecule has 0 amide bonds. The summed E-state index contributed by atoms with van der Waals surface area (Å²) < 4.78 is 1.77. The average molecular weight is 189 g/mol. The molecule has 0 fully saturated rings. The second-order valence-corrected chi connectivity index (χ2v) is 2.59. The molecular weight excluding hydrogens is 174 g/mol. The molecule has 0 atom stereocenters. The van der Waals surface area contributed by atoms with Gasteiger partial charge in [0.15, 0.2) is 0 Å². The number of rotatable bonds is 1. The van der Waals surface area contributed by atoms with Crippen LogP contribution >= 0.6 is 0 Å². The van der Waals surface area contributed by atoms with E-state index in [0.717, 1.165) is 11.4 Å². The largest absolute Gasteiger partial charge is 0.275 e. The van der Waals surface area contributed by atoms with Gasteiger partial charge in [-0.25, -0.2) is 0 Å². The predicted molar refractivity (Wildman–Crippen MR) is 57.8 cm³/mol. The van der Waals surface area contributed by atoms with Crippen molar-refractivity contribution in [2.45, 2.75) is 13.8 Å². The maximum atomic E-state index is 4.24. The first-order chi connectivity index (χ1) is 6.86. The molecule has 0 spiro atoms. The van der Waals surface area contributed by atoms with Crippen molar-refractivity contribution in [3.8, 4) is 11.4 Å². The van der Waals surface area contributed by atoms with Crippen LogP contribution in [-0.4, -0.2) is 14.8 Å². The van der Waals surface area contributed by atoms with E-state index in [1.54, 1.807) is 10.9 Å². The van der Waals surface area contributed by atoms with Gasteiger partial charge in [0.2, 0.25) is 0 Å². The Bertz CT molecular complexity index is 365. The lowest BCUT2D eigenvalue weighted by Gasteiger charge is -1.92. The van der Waals surface area contributed by atoms with Gasteiger partial charge in [-0.05, 0) is 18.2 Å². The Hall–Kier alpha value is -1.64. The second-order valence-electron chi connectivity index (χ2n) is 2.59. The maximum Gasteiger partial charge on any atom is 0.111 e. The molecule has 74 valence electrons. The summed E-state index contributed by atoms with van der Waals surface area (Å²) in [6.07, 6.45) is 3.67. The number of pyridine rings is 1. The van der Waals surface area contributed by atoms with Crippen LogP contribution in [0.1, 0.15) is 13.8 Å². The molecule has 2 heterocycles. The van der Waals surface area contributed by atoms with Crippen molar-refractivity contribution in [1.29, 1.82) is 0 Å². The Morgan fingerprint density at radius 3 is 2.36 bits per heavy atom. The smallest absolute Gasteiger partial charge is 0.111 e. The van der Waals surface area contributed by atoms with Crippen molar-refractivity contribution in [1.82, 2.24) is 14.8 Å². The van der Waals surface area contributed by atoms with E-state index in [9.17, 15) is 0 Å². The lowest BCUT2D eigenvalue weighted by molar-refractivity contribution is 0.770. The molecule has 14 heavy (non-hydrogen) atoms. The average Bonchev–Trinajstić information content (AvgIpc) is 2.69. The lowest BCUT2D eigenvalue weighted by Crippen LogP contribution is -1.88. The van der Waals surface area contributed by atoms with E-state index in [2.05, 4.69) is 10.1 Å². The molecule has 0 aliphatic carbocycles. The molecule has 0 N–H and O–H groups in total. The Morgan fingerprint density at radius 2 is 1.86 bits per heavy atom. The normalized spacial score (nSPS) is 9.07. The number of hydrogen-bond donors (Lipinski definition) is 0. The van der Waals surface area contributed by atoms with E-state index in [-0.39, 0.29) is 0 Å². The standard InChI is InChI=1S/C9H9N3.C2H6/c1-12-7-5-9(11-12)8-4-2-3-6-10-8;1-2/h2-7H,1H3;1-2H3. The van der Waals surface area contributed by atoms with Gasteiger partial charge >= 0.3 is 0 Å². The maximum absolute atomic E-state index is 4.24.